The number of piperidine rings is 1. The van der Waals surface area contributed by atoms with Gasteiger partial charge in [0.1, 0.15) is 11.2 Å². The number of aromatic amines is 1. The van der Waals surface area contributed by atoms with Crippen LogP contribution in [0.15, 0.2) is 23.0 Å². The van der Waals surface area contributed by atoms with Crippen molar-refractivity contribution in [3.63, 3.8) is 0 Å². The summed E-state index contributed by atoms with van der Waals surface area (Å²) in [6.45, 7) is 1.90. The van der Waals surface area contributed by atoms with Crippen LogP contribution < -0.4 is 10.9 Å². The van der Waals surface area contributed by atoms with Gasteiger partial charge in [0.15, 0.2) is 0 Å². The van der Waals surface area contributed by atoms with Gasteiger partial charge in [0.25, 0.3) is 5.56 Å². The fraction of sp³-hybridized carbons (Fsp3) is 0.333. The molecule has 0 aliphatic carbocycles. The van der Waals surface area contributed by atoms with Crippen LogP contribution in [-0.2, 0) is 0 Å². The Bertz CT molecular complexity index is 925. The van der Waals surface area contributed by atoms with Crippen LogP contribution in [0.2, 0.25) is 10.0 Å². The Morgan fingerprint density at radius 2 is 1.95 bits per heavy atom. The van der Waals surface area contributed by atoms with E-state index < -0.39 is 0 Å². The number of rotatable bonds is 1. The molecule has 1 aromatic carbocycles. The van der Waals surface area contributed by atoms with Gasteiger partial charge in [-0.1, -0.05) is 23.2 Å². The highest BCUT2D eigenvalue weighted by molar-refractivity contribution is 6.38. The van der Waals surface area contributed by atoms with Gasteiger partial charge in [-0.25, -0.2) is 4.52 Å². The first-order valence-corrected chi connectivity index (χ1v) is 8.00. The molecule has 1 fully saturated rings. The van der Waals surface area contributed by atoms with Crippen LogP contribution in [0.3, 0.4) is 0 Å². The zero-order chi connectivity index (χ0) is 15.3. The predicted molar refractivity (Wildman–Crippen MR) is 88.2 cm³/mol. The highest BCUT2D eigenvalue weighted by Gasteiger charge is 2.21. The summed E-state index contributed by atoms with van der Waals surface area (Å²) in [5, 5.41) is 9.73. The maximum atomic E-state index is 12.1. The lowest BCUT2D eigenvalue weighted by molar-refractivity contribution is 0.446. The Kier molecular flexibility index (Phi) is 3.36. The minimum Gasteiger partial charge on any atom is -0.317 e. The fourth-order valence-corrected chi connectivity index (χ4v) is 3.71. The maximum absolute atomic E-state index is 12.1. The third-order valence-corrected chi connectivity index (χ3v) is 4.72. The van der Waals surface area contributed by atoms with Gasteiger partial charge in [-0.2, -0.15) is 5.10 Å². The predicted octanol–water partition coefficient (Wildman–Crippen LogP) is 2.95. The van der Waals surface area contributed by atoms with Gasteiger partial charge < -0.3 is 10.3 Å². The molecule has 3 heterocycles. The fourth-order valence-electron chi connectivity index (χ4n) is 3.18. The first-order valence-electron chi connectivity index (χ1n) is 7.25. The van der Waals surface area contributed by atoms with Crippen molar-refractivity contribution in [2.24, 2.45) is 0 Å². The summed E-state index contributed by atoms with van der Waals surface area (Å²) in [5.41, 5.74) is 2.12. The maximum Gasteiger partial charge on any atom is 0.251 e. The summed E-state index contributed by atoms with van der Waals surface area (Å²) in [5.74, 6) is 0.314. The SMILES string of the molecule is O=c1cc(C2CCNCC2)n2nc3c(Cl)cc(Cl)cc3c2[nH]1. The Morgan fingerprint density at radius 3 is 2.73 bits per heavy atom. The highest BCUT2D eigenvalue weighted by atomic mass is 35.5. The number of hydrogen-bond donors (Lipinski definition) is 2. The van der Waals surface area contributed by atoms with Crippen LogP contribution in [0, 0.1) is 0 Å². The van der Waals surface area contributed by atoms with Gasteiger partial charge in [-0.15, -0.1) is 0 Å². The lowest BCUT2D eigenvalue weighted by Crippen LogP contribution is -2.28. The molecule has 22 heavy (non-hydrogen) atoms. The van der Waals surface area contributed by atoms with E-state index in [0.29, 0.717) is 27.1 Å². The summed E-state index contributed by atoms with van der Waals surface area (Å²) < 4.78 is 1.81. The highest BCUT2D eigenvalue weighted by Crippen LogP contribution is 2.31. The van der Waals surface area contributed by atoms with Gasteiger partial charge in [-0.3, -0.25) is 4.79 Å². The van der Waals surface area contributed by atoms with Crippen molar-refractivity contribution < 1.29 is 0 Å². The number of benzene rings is 1. The number of nitrogens with one attached hydrogen (secondary N) is 2. The van der Waals surface area contributed by atoms with E-state index >= 15 is 0 Å². The summed E-state index contributed by atoms with van der Waals surface area (Å²) in [6, 6.07) is 5.10. The molecular weight excluding hydrogens is 323 g/mol. The molecule has 5 nitrogen and oxygen atoms in total. The minimum atomic E-state index is -0.126. The zero-order valence-electron chi connectivity index (χ0n) is 11.7. The Balaban J connectivity index is 2.05. The van der Waals surface area contributed by atoms with E-state index in [1.165, 1.54) is 0 Å². The third-order valence-electron chi connectivity index (χ3n) is 4.22. The Morgan fingerprint density at radius 1 is 1.18 bits per heavy atom. The molecule has 4 rings (SSSR count). The van der Waals surface area contributed by atoms with Crippen LogP contribution in [0.5, 0.6) is 0 Å². The lowest BCUT2D eigenvalue weighted by atomic mass is 9.94. The van der Waals surface area contributed by atoms with Crippen LogP contribution in [0.1, 0.15) is 24.5 Å². The smallest absolute Gasteiger partial charge is 0.251 e. The molecule has 0 amide bonds. The molecule has 2 aromatic heterocycles. The molecular formula is C15H14Cl2N4O. The average molecular weight is 337 g/mol. The van der Waals surface area contributed by atoms with Crippen LogP contribution in [-0.4, -0.2) is 27.7 Å². The summed E-state index contributed by atoms with van der Waals surface area (Å²) in [6.07, 6.45) is 1.98. The molecule has 1 aliphatic rings. The number of halogens is 2. The molecule has 2 N–H and O–H groups in total. The Labute approximate surface area is 136 Å². The van der Waals surface area contributed by atoms with Crippen LogP contribution in [0.25, 0.3) is 16.6 Å². The number of H-pyrrole nitrogens is 1. The van der Waals surface area contributed by atoms with Gasteiger partial charge in [0.05, 0.1) is 10.7 Å². The molecule has 114 valence electrons. The minimum absolute atomic E-state index is 0.126. The van der Waals surface area contributed by atoms with Gasteiger partial charge in [-0.05, 0) is 38.1 Å². The molecule has 0 atom stereocenters. The summed E-state index contributed by atoms with van der Waals surface area (Å²) in [4.78, 5) is 14.9. The Hall–Kier alpha value is -1.56. The zero-order valence-corrected chi connectivity index (χ0v) is 13.2. The lowest BCUT2D eigenvalue weighted by Gasteiger charge is -2.23. The monoisotopic (exact) mass is 336 g/mol. The second-order valence-electron chi connectivity index (χ2n) is 5.63. The normalized spacial score (nSPS) is 16.6. The number of hydrogen-bond acceptors (Lipinski definition) is 3. The van der Waals surface area contributed by atoms with E-state index in [-0.39, 0.29) is 5.56 Å². The van der Waals surface area contributed by atoms with Crippen molar-refractivity contribution in [2.45, 2.75) is 18.8 Å². The molecule has 1 aliphatic heterocycles. The first kappa shape index (κ1) is 14.1. The van der Waals surface area contributed by atoms with E-state index in [4.69, 9.17) is 23.2 Å². The number of aromatic nitrogens is 3. The van der Waals surface area contributed by atoms with Crippen molar-refractivity contribution >= 4 is 39.8 Å². The van der Waals surface area contributed by atoms with Crippen molar-refractivity contribution in [1.29, 1.82) is 0 Å². The summed E-state index contributed by atoms with van der Waals surface area (Å²) >= 11 is 12.3. The molecule has 3 aromatic rings. The second kappa shape index (κ2) is 5.26. The van der Waals surface area contributed by atoms with E-state index in [2.05, 4.69) is 15.4 Å². The summed E-state index contributed by atoms with van der Waals surface area (Å²) in [7, 11) is 0. The molecule has 7 heteroatoms. The molecule has 0 unspecified atom stereocenters. The van der Waals surface area contributed by atoms with Crippen molar-refractivity contribution in [3.8, 4) is 0 Å². The van der Waals surface area contributed by atoms with Crippen molar-refractivity contribution in [3.05, 3.63) is 44.3 Å². The first-order chi connectivity index (χ1) is 10.6. The van der Waals surface area contributed by atoms with E-state index in [9.17, 15) is 4.79 Å². The standard InChI is InChI=1S/C15H14Cl2N4O/c16-9-5-10-14(11(17)6-9)20-21-12(7-13(22)19-15(10)21)8-1-3-18-4-2-8/h5-8,18H,1-4H2,(H,19,22). The molecule has 0 spiro atoms. The third kappa shape index (κ3) is 2.20. The van der Waals surface area contributed by atoms with E-state index in [0.717, 1.165) is 37.0 Å². The topological polar surface area (TPSA) is 62.2 Å². The van der Waals surface area contributed by atoms with Gasteiger partial charge in [0.2, 0.25) is 0 Å². The molecule has 0 radical (unpaired) electrons. The van der Waals surface area contributed by atoms with E-state index in [1.807, 2.05) is 4.52 Å². The van der Waals surface area contributed by atoms with Gasteiger partial charge >= 0.3 is 0 Å². The average Bonchev–Trinajstić information content (AvgIpc) is 2.86. The molecule has 0 saturated carbocycles. The molecule has 0 bridgehead atoms. The van der Waals surface area contributed by atoms with Crippen molar-refractivity contribution in [2.75, 3.05) is 13.1 Å². The quantitative estimate of drug-likeness (QED) is 0.718. The van der Waals surface area contributed by atoms with Gasteiger partial charge in [0, 0.05) is 22.4 Å². The molecule has 1 saturated heterocycles. The van der Waals surface area contributed by atoms with Crippen LogP contribution >= 0.6 is 23.2 Å². The number of nitrogens with zero attached hydrogens (tertiary/aromatic N) is 2. The van der Waals surface area contributed by atoms with Crippen LogP contribution in [0.4, 0.5) is 0 Å². The number of fused-ring (bicyclic) bond motifs is 3. The second-order valence-corrected chi connectivity index (χ2v) is 6.47. The van der Waals surface area contributed by atoms with E-state index in [1.54, 1.807) is 18.2 Å². The van der Waals surface area contributed by atoms with Crippen molar-refractivity contribution in [1.82, 2.24) is 19.9 Å². The largest absolute Gasteiger partial charge is 0.317 e.